The smallest absolute Gasteiger partial charge is 0.230 e. The van der Waals surface area contributed by atoms with Crippen molar-refractivity contribution in [2.45, 2.75) is 12.3 Å². The second kappa shape index (κ2) is 9.06. The first-order valence-electron chi connectivity index (χ1n) is 7.00. The van der Waals surface area contributed by atoms with Crippen molar-refractivity contribution in [1.29, 1.82) is 0 Å². The van der Waals surface area contributed by atoms with E-state index < -0.39 is 0 Å². The number of methoxy groups -OCH3 is 1. The van der Waals surface area contributed by atoms with E-state index in [4.69, 9.17) is 27.9 Å². The largest absolute Gasteiger partial charge is 0.497 e. The van der Waals surface area contributed by atoms with Crippen LogP contribution in [-0.4, -0.2) is 18.8 Å². The summed E-state index contributed by atoms with van der Waals surface area (Å²) in [5.74, 6) is 1.92. The van der Waals surface area contributed by atoms with Crippen LogP contribution in [0.2, 0.25) is 10.0 Å². The predicted molar refractivity (Wildman–Crippen MR) is 97.5 cm³/mol. The van der Waals surface area contributed by atoms with Gasteiger partial charge in [0, 0.05) is 12.3 Å². The first-order valence-corrected chi connectivity index (χ1v) is 8.91. The van der Waals surface area contributed by atoms with E-state index in [1.807, 2.05) is 36.4 Å². The third-order valence-electron chi connectivity index (χ3n) is 3.13. The summed E-state index contributed by atoms with van der Waals surface area (Å²) in [6.45, 7) is 0.510. The molecule has 0 atom stereocenters. The number of carbonyl (C=O) groups is 1. The fourth-order valence-electron chi connectivity index (χ4n) is 1.89. The van der Waals surface area contributed by atoms with Crippen molar-refractivity contribution < 1.29 is 9.53 Å². The van der Waals surface area contributed by atoms with E-state index in [0.717, 1.165) is 16.9 Å². The van der Waals surface area contributed by atoms with Gasteiger partial charge in [0.15, 0.2) is 0 Å². The molecule has 1 N–H and O–H groups in total. The molecule has 0 spiro atoms. The van der Waals surface area contributed by atoms with Gasteiger partial charge in [-0.15, -0.1) is 11.8 Å². The zero-order valence-electron chi connectivity index (χ0n) is 12.6. The third kappa shape index (κ3) is 5.98. The van der Waals surface area contributed by atoms with Gasteiger partial charge < -0.3 is 10.1 Å². The number of amides is 1. The lowest BCUT2D eigenvalue weighted by Gasteiger charge is -2.07. The van der Waals surface area contributed by atoms with Gasteiger partial charge in [0.25, 0.3) is 0 Å². The maximum atomic E-state index is 11.8. The molecule has 0 aliphatic rings. The molecule has 0 fully saturated rings. The number of ether oxygens (including phenoxy) is 1. The topological polar surface area (TPSA) is 38.3 Å². The minimum Gasteiger partial charge on any atom is -0.497 e. The first kappa shape index (κ1) is 18.0. The normalized spacial score (nSPS) is 10.4. The van der Waals surface area contributed by atoms with Crippen LogP contribution in [0.4, 0.5) is 0 Å². The number of thioether (sulfide) groups is 1. The lowest BCUT2D eigenvalue weighted by Crippen LogP contribution is -2.24. The van der Waals surface area contributed by atoms with Gasteiger partial charge in [-0.1, -0.05) is 41.4 Å². The van der Waals surface area contributed by atoms with Crippen LogP contribution in [0.15, 0.2) is 42.5 Å². The van der Waals surface area contributed by atoms with Crippen molar-refractivity contribution in [3.63, 3.8) is 0 Å². The number of benzene rings is 2. The monoisotopic (exact) mass is 369 g/mol. The summed E-state index contributed by atoms with van der Waals surface area (Å²) >= 11 is 13.4. The Bertz CT molecular complexity index is 662. The Labute approximate surface area is 150 Å². The molecule has 6 heteroatoms. The Balaban J connectivity index is 1.71. The Morgan fingerprint density at radius 3 is 2.43 bits per heavy atom. The lowest BCUT2D eigenvalue weighted by molar-refractivity contribution is -0.118. The van der Waals surface area contributed by atoms with Gasteiger partial charge in [-0.25, -0.2) is 0 Å². The molecule has 0 saturated heterocycles. The van der Waals surface area contributed by atoms with Crippen molar-refractivity contribution in [3.05, 3.63) is 63.6 Å². The van der Waals surface area contributed by atoms with Crippen LogP contribution >= 0.6 is 35.0 Å². The predicted octanol–water partition coefficient (Wildman–Crippen LogP) is 4.55. The number of carbonyl (C=O) groups excluding carboxylic acids is 1. The van der Waals surface area contributed by atoms with Crippen molar-refractivity contribution in [1.82, 2.24) is 5.32 Å². The van der Waals surface area contributed by atoms with Gasteiger partial charge >= 0.3 is 0 Å². The van der Waals surface area contributed by atoms with Crippen LogP contribution in [0.1, 0.15) is 11.1 Å². The third-order valence-corrected chi connectivity index (χ3v) is 4.88. The first-order chi connectivity index (χ1) is 11.1. The molecular weight excluding hydrogens is 353 g/mol. The highest BCUT2D eigenvalue weighted by Crippen LogP contribution is 2.24. The fraction of sp³-hybridized carbons (Fsp3) is 0.235. The molecule has 0 saturated carbocycles. The standard InChI is InChI=1S/C17H17Cl2NO2S/c1-22-14-5-2-12(3-6-14)9-20-17(21)11-23-10-13-4-7-15(18)16(19)8-13/h2-8H,9-11H2,1H3,(H,20,21). The number of nitrogens with one attached hydrogen (secondary N) is 1. The average molecular weight is 370 g/mol. The van der Waals surface area contributed by atoms with E-state index in [2.05, 4.69) is 5.32 Å². The highest BCUT2D eigenvalue weighted by atomic mass is 35.5. The van der Waals surface area contributed by atoms with E-state index in [1.165, 1.54) is 11.8 Å². The molecule has 122 valence electrons. The maximum Gasteiger partial charge on any atom is 0.230 e. The minimum atomic E-state index is 0.00544. The Morgan fingerprint density at radius 2 is 1.78 bits per heavy atom. The van der Waals surface area contributed by atoms with E-state index in [-0.39, 0.29) is 5.91 Å². The van der Waals surface area contributed by atoms with Crippen LogP contribution in [0.5, 0.6) is 5.75 Å². The molecule has 0 aromatic heterocycles. The Hall–Kier alpha value is -1.36. The van der Waals surface area contributed by atoms with Gasteiger partial charge in [0.2, 0.25) is 5.91 Å². The molecule has 0 unspecified atom stereocenters. The number of halogens is 2. The van der Waals surface area contributed by atoms with Crippen LogP contribution in [0.3, 0.4) is 0 Å². The molecule has 2 aromatic carbocycles. The van der Waals surface area contributed by atoms with Gasteiger partial charge in [0.05, 0.1) is 22.9 Å². The van der Waals surface area contributed by atoms with E-state index in [1.54, 1.807) is 13.2 Å². The van der Waals surface area contributed by atoms with Crippen LogP contribution < -0.4 is 10.1 Å². The lowest BCUT2D eigenvalue weighted by atomic mass is 10.2. The van der Waals surface area contributed by atoms with E-state index >= 15 is 0 Å². The molecule has 0 bridgehead atoms. The van der Waals surface area contributed by atoms with Gasteiger partial charge in [-0.2, -0.15) is 0 Å². The summed E-state index contributed by atoms with van der Waals surface area (Å²) in [6.07, 6.45) is 0. The fourth-order valence-corrected chi connectivity index (χ4v) is 3.01. The molecule has 1 amide bonds. The average Bonchev–Trinajstić information content (AvgIpc) is 2.56. The molecule has 3 nitrogen and oxygen atoms in total. The summed E-state index contributed by atoms with van der Waals surface area (Å²) in [5, 5.41) is 3.97. The molecule has 0 aliphatic carbocycles. The highest BCUT2D eigenvalue weighted by molar-refractivity contribution is 7.99. The van der Waals surface area contributed by atoms with Crippen LogP contribution in [0, 0.1) is 0 Å². The van der Waals surface area contributed by atoms with E-state index in [9.17, 15) is 4.79 Å². The molecule has 2 aromatic rings. The second-order valence-corrected chi connectivity index (χ2v) is 6.67. The maximum absolute atomic E-state index is 11.8. The zero-order valence-corrected chi connectivity index (χ0v) is 15.0. The van der Waals surface area contributed by atoms with Gasteiger partial charge in [0.1, 0.15) is 5.75 Å². The van der Waals surface area contributed by atoms with Crippen molar-refractivity contribution in [3.8, 4) is 5.75 Å². The van der Waals surface area contributed by atoms with Crippen molar-refractivity contribution in [2.75, 3.05) is 12.9 Å². The molecule has 0 heterocycles. The number of hydrogen-bond acceptors (Lipinski definition) is 3. The molecular formula is C17H17Cl2NO2S. The molecule has 2 rings (SSSR count). The highest BCUT2D eigenvalue weighted by Gasteiger charge is 2.04. The van der Waals surface area contributed by atoms with Gasteiger partial charge in [-0.3, -0.25) is 4.79 Å². The summed E-state index contributed by atoms with van der Waals surface area (Å²) in [6, 6.07) is 13.1. The summed E-state index contributed by atoms with van der Waals surface area (Å²) in [5.41, 5.74) is 2.08. The number of hydrogen-bond donors (Lipinski definition) is 1. The summed E-state index contributed by atoms with van der Waals surface area (Å²) in [7, 11) is 1.63. The van der Waals surface area contributed by atoms with E-state index in [0.29, 0.717) is 28.1 Å². The number of rotatable bonds is 7. The molecule has 23 heavy (non-hydrogen) atoms. The zero-order chi connectivity index (χ0) is 16.7. The van der Waals surface area contributed by atoms with Crippen LogP contribution in [-0.2, 0) is 17.1 Å². The Morgan fingerprint density at radius 1 is 1.09 bits per heavy atom. The van der Waals surface area contributed by atoms with Crippen molar-refractivity contribution in [2.24, 2.45) is 0 Å². The summed E-state index contributed by atoms with van der Waals surface area (Å²) in [4.78, 5) is 11.8. The summed E-state index contributed by atoms with van der Waals surface area (Å²) < 4.78 is 5.10. The molecule has 0 aliphatic heterocycles. The van der Waals surface area contributed by atoms with Crippen LogP contribution in [0.25, 0.3) is 0 Å². The van der Waals surface area contributed by atoms with Gasteiger partial charge in [-0.05, 0) is 35.4 Å². The SMILES string of the molecule is COc1ccc(CNC(=O)CSCc2ccc(Cl)c(Cl)c2)cc1. The Kier molecular flexibility index (Phi) is 7.09. The quantitative estimate of drug-likeness (QED) is 0.777. The minimum absolute atomic E-state index is 0.00544. The second-order valence-electron chi connectivity index (χ2n) is 4.87. The molecule has 0 radical (unpaired) electrons. The van der Waals surface area contributed by atoms with Crippen molar-refractivity contribution >= 4 is 40.9 Å².